The van der Waals surface area contributed by atoms with Crippen molar-refractivity contribution >= 4 is 11.9 Å². The first-order valence-corrected chi connectivity index (χ1v) is 47.2. The summed E-state index contributed by atoms with van der Waals surface area (Å²) in [6, 6.07) is 71.1. The second-order valence-corrected chi connectivity index (χ2v) is 35.0. The number of amides is 3. The monoisotopic (exact) mass is 1790 g/mol. The van der Waals surface area contributed by atoms with Crippen LogP contribution in [0.3, 0.4) is 0 Å². The molecule has 16 rings (SSSR count). The van der Waals surface area contributed by atoms with Crippen molar-refractivity contribution in [2.45, 2.75) is 205 Å². The lowest BCUT2D eigenvalue weighted by Crippen LogP contribution is -2.50. The molecule has 132 heavy (non-hydrogen) atoms. The molecule has 0 unspecified atom stereocenters. The summed E-state index contributed by atoms with van der Waals surface area (Å²) in [7, 11) is 0. The Bertz CT molecular complexity index is 4510. The zero-order chi connectivity index (χ0) is 94.8. The van der Waals surface area contributed by atoms with Crippen molar-refractivity contribution in [1.82, 2.24) is 54.8 Å². The molecular weight excluding hydrogens is 1650 g/mol. The van der Waals surface area contributed by atoms with Gasteiger partial charge in [-0.3, -0.25) is 14.8 Å². The highest BCUT2D eigenvalue weighted by Crippen LogP contribution is 2.32. The summed E-state index contributed by atoms with van der Waals surface area (Å²) in [4.78, 5) is 54.6. The Labute approximate surface area is 786 Å². The molecule has 3 amide bonds. The number of aromatic nitrogens is 8. The van der Waals surface area contributed by atoms with Crippen molar-refractivity contribution in [1.29, 1.82) is 0 Å². The van der Waals surface area contributed by atoms with Gasteiger partial charge < -0.3 is 52.6 Å². The molecule has 0 radical (unpaired) electrons. The average molecular weight is 1790 g/mol. The number of pyridine rings is 4. The predicted molar refractivity (Wildman–Crippen MR) is 531 cm³/mol. The second-order valence-electron chi connectivity index (χ2n) is 35.0. The van der Waals surface area contributed by atoms with Crippen LogP contribution in [-0.4, -0.2) is 139 Å². The summed E-state index contributed by atoms with van der Waals surface area (Å²) >= 11 is 0. The van der Waals surface area contributed by atoms with E-state index in [2.05, 4.69) is 218 Å². The Balaban J connectivity index is 0.000000185. The van der Waals surface area contributed by atoms with E-state index in [-0.39, 0.29) is 18.0 Å². The van der Waals surface area contributed by atoms with E-state index in [1.165, 1.54) is 39.7 Å². The zero-order valence-corrected chi connectivity index (χ0v) is 81.2. The maximum Gasteiger partial charge on any atom is 0.320 e. The van der Waals surface area contributed by atoms with Crippen molar-refractivity contribution < 1.29 is 47.5 Å². The van der Waals surface area contributed by atoms with E-state index in [1.54, 1.807) is 61.7 Å². The predicted octanol–water partition coefficient (Wildman–Crippen LogP) is 27.6. The van der Waals surface area contributed by atoms with Gasteiger partial charge in [-0.05, 0) is 221 Å². The van der Waals surface area contributed by atoms with Crippen LogP contribution in [0, 0.1) is 23.7 Å². The Morgan fingerprint density at radius 3 is 1.11 bits per heavy atom. The molecule has 702 valence electrons. The third kappa shape index (κ3) is 38.5. The van der Waals surface area contributed by atoms with Crippen LogP contribution in [0.15, 0.2) is 280 Å². The average Bonchev–Trinajstić information content (AvgIpc) is 0.830. The molecule has 4 aliphatic heterocycles. The summed E-state index contributed by atoms with van der Waals surface area (Å²) < 4.78 is 44.5. The van der Waals surface area contributed by atoms with Crippen molar-refractivity contribution in [3.8, 4) is 63.6 Å². The molecule has 6 aromatic heterocycles. The standard InChI is InChI=1S/C15H21NO.3C14H15NO.C13H24N2O2.2C13H14N2O.C13H19NO2.C2H6/c1-12(2)13-8-10-16(11-9-13)15(17)14-6-4-3-5-7-14;1-11(2)12-3-5-13(6-4-12)16-14-7-9-15-10-8-14;1-11(2)12-5-7-13(8-6-12)16-14-4-3-9-15-10-14;1-11(2)12-6-8-13(9-7-12)16-14-5-3-4-10-15-14;1-11(2)12-3-5-14(6-4-12)13(16)15-7-9-17-10-8-15;1-10(2)11-3-5-12(6-4-11)16-13-7-8-14-9-15-13;1-10(2)11-3-5-12(6-4-11)16-13-7-8-14-15-9-13;1-10(2)11-3-4-13(14-9-11)16-12-5-7-15-8-6-12;1-2/h3-7,12-13H,8-11H2,1-2H3;3*3-11H,1-2H3;11-12H,3-10H2,1-2H3;2*3-10H,1-2H3;3-4,9-10,12H,5-8H2,1-2H3;1-2H3. The van der Waals surface area contributed by atoms with E-state index in [0.717, 1.165) is 166 Å². The summed E-state index contributed by atoms with van der Waals surface area (Å²) in [6.07, 6.45) is 23.6. The minimum atomic E-state index is 0.188. The number of hydrogen-bond donors (Lipinski definition) is 0. The van der Waals surface area contributed by atoms with E-state index in [9.17, 15) is 9.59 Å². The van der Waals surface area contributed by atoms with Gasteiger partial charge in [-0.2, -0.15) is 10.2 Å². The van der Waals surface area contributed by atoms with E-state index >= 15 is 0 Å². The molecule has 4 saturated heterocycles. The lowest BCUT2D eigenvalue weighted by atomic mass is 9.86. The van der Waals surface area contributed by atoms with E-state index in [1.807, 2.05) is 174 Å². The number of carbonyl (C=O) groups excluding carboxylic acids is 2. The smallest absolute Gasteiger partial charge is 0.320 e. The maximum atomic E-state index is 12.2. The normalized spacial score (nSPS) is 13.8. The minimum Gasteiger partial charge on any atom is -0.474 e. The van der Waals surface area contributed by atoms with Crippen LogP contribution >= 0.6 is 0 Å². The summed E-state index contributed by atoms with van der Waals surface area (Å²) in [6.45, 7) is 47.3. The largest absolute Gasteiger partial charge is 0.474 e. The molecule has 0 aliphatic carbocycles. The lowest BCUT2D eigenvalue weighted by molar-refractivity contribution is 0.0237. The van der Waals surface area contributed by atoms with Crippen molar-refractivity contribution in [3.05, 3.63) is 319 Å². The summed E-state index contributed by atoms with van der Waals surface area (Å²) in [5.41, 5.74) is 8.62. The van der Waals surface area contributed by atoms with Gasteiger partial charge >= 0.3 is 6.03 Å². The van der Waals surface area contributed by atoms with Crippen LogP contribution in [0.5, 0.6) is 63.6 Å². The number of morpholine rings is 1. The topological polar surface area (TPSA) is 221 Å². The van der Waals surface area contributed by atoms with E-state index in [4.69, 9.17) is 37.9 Å². The molecule has 0 spiro atoms. The van der Waals surface area contributed by atoms with Crippen LogP contribution in [0.1, 0.15) is 242 Å². The Kier molecular flexibility index (Phi) is 46.4. The highest BCUT2D eigenvalue weighted by Gasteiger charge is 2.29. The third-order valence-electron chi connectivity index (χ3n) is 22.6. The molecule has 21 nitrogen and oxygen atoms in total. The number of piperidine rings is 2. The van der Waals surface area contributed by atoms with Crippen LogP contribution < -0.4 is 28.4 Å². The van der Waals surface area contributed by atoms with Gasteiger partial charge in [0.2, 0.25) is 17.6 Å². The number of benzene rings is 6. The molecule has 0 N–H and O–H groups in total. The number of carbonyl (C=O) groups is 2. The summed E-state index contributed by atoms with van der Waals surface area (Å²) in [5, 5.41) is 7.45. The molecule has 10 heterocycles. The van der Waals surface area contributed by atoms with Crippen LogP contribution in [0.2, 0.25) is 0 Å². The fraction of sp³-hybridized carbons (Fsp3) is 0.405. The molecule has 12 aromatic rings. The van der Waals surface area contributed by atoms with Gasteiger partial charge in [0.15, 0.2) is 0 Å². The summed E-state index contributed by atoms with van der Waals surface area (Å²) in [5.74, 6) is 14.8. The number of urea groups is 1. The number of nitrogens with zero attached hydrogens (tertiary/aromatic N) is 11. The van der Waals surface area contributed by atoms with Gasteiger partial charge in [0.1, 0.15) is 58.4 Å². The Hall–Kier alpha value is -12.5. The van der Waals surface area contributed by atoms with Crippen LogP contribution in [0.25, 0.3) is 0 Å². The van der Waals surface area contributed by atoms with Crippen LogP contribution in [0.4, 0.5) is 4.79 Å². The van der Waals surface area contributed by atoms with Gasteiger partial charge in [-0.1, -0.05) is 216 Å². The Morgan fingerprint density at radius 2 is 0.705 bits per heavy atom. The zero-order valence-electron chi connectivity index (χ0n) is 81.2. The fourth-order valence-electron chi connectivity index (χ4n) is 14.2. The number of likely N-dealkylation sites (tertiary alicyclic amines) is 2. The van der Waals surface area contributed by atoms with E-state index < -0.39 is 0 Å². The van der Waals surface area contributed by atoms with Gasteiger partial charge in [-0.25, -0.2) is 24.7 Å². The molecular formula is C111H143N11O10. The van der Waals surface area contributed by atoms with E-state index in [0.29, 0.717) is 66.2 Å². The highest BCUT2D eigenvalue weighted by molar-refractivity contribution is 5.94. The van der Waals surface area contributed by atoms with Gasteiger partial charge in [0, 0.05) is 119 Å². The van der Waals surface area contributed by atoms with Crippen LogP contribution in [-0.2, 0) is 9.47 Å². The minimum absolute atomic E-state index is 0.188. The highest BCUT2D eigenvalue weighted by atomic mass is 16.5. The SMILES string of the molecule is CC.CC(C)C1CCN(C(=O)N2CCOCC2)CC1.CC(C)C1CCN(C(=O)c2ccccc2)CC1.CC(C)c1ccc(OC2CCOCC2)nc1.CC(C)c1ccc(Oc2ccccn2)cc1.CC(C)c1ccc(Oc2cccnc2)cc1.CC(C)c1ccc(Oc2ccncc2)cc1.CC(C)c1ccc(Oc2ccncn2)cc1.CC(C)c1ccc(Oc2ccnnc2)cc1. The maximum absolute atomic E-state index is 12.2. The van der Waals surface area contributed by atoms with Crippen molar-refractivity contribution in [3.63, 3.8) is 0 Å². The second kappa shape index (κ2) is 58.3. The van der Waals surface area contributed by atoms with Crippen molar-refractivity contribution in [2.24, 2.45) is 23.7 Å². The molecule has 6 aromatic carbocycles. The molecule has 0 saturated carbocycles. The first kappa shape index (κ1) is 105. The molecule has 21 heteroatoms. The van der Waals surface area contributed by atoms with Gasteiger partial charge in [0.25, 0.3) is 5.91 Å². The fourth-order valence-corrected chi connectivity index (χ4v) is 14.2. The first-order valence-electron chi connectivity index (χ1n) is 47.2. The van der Waals surface area contributed by atoms with Gasteiger partial charge in [0.05, 0.1) is 45.0 Å². The molecule has 0 atom stereocenters. The third-order valence-corrected chi connectivity index (χ3v) is 22.6. The Morgan fingerprint density at radius 1 is 0.303 bits per heavy atom. The number of hydrogen-bond acceptors (Lipinski definition) is 18. The molecule has 4 aliphatic rings. The number of rotatable bonds is 21. The first-order chi connectivity index (χ1) is 63.9. The van der Waals surface area contributed by atoms with Gasteiger partial charge in [-0.15, -0.1) is 0 Å². The molecule has 4 fully saturated rings. The number of ether oxygens (including phenoxy) is 8. The molecule has 0 bridgehead atoms. The lowest BCUT2D eigenvalue weighted by Gasteiger charge is -2.38. The quantitative estimate of drug-likeness (QED) is 0.0652. The van der Waals surface area contributed by atoms with Crippen molar-refractivity contribution in [2.75, 3.05) is 65.7 Å².